The third kappa shape index (κ3) is 5.57. The molecule has 0 radical (unpaired) electrons. The molecule has 198 valence electrons. The quantitative estimate of drug-likeness (QED) is 0.202. The summed E-state index contributed by atoms with van der Waals surface area (Å²) in [6.07, 6.45) is -16.0. The van der Waals surface area contributed by atoms with Crippen LogP contribution in [-0.4, -0.2) is 6.71 Å². The third-order valence-corrected chi connectivity index (χ3v) is 5.51. The van der Waals surface area contributed by atoms with Gasteiger partial charge >= 0.3 is 18.5 Å². The number of benzene rings is 3. The zero-order valence-corrected chi connectivity index (χ0v) is 18.5. The Kier molecular flexibility index (Phi) is 7.12. The first kappa shape index (κ1) is 28.4. The molecule has 0 aliphatic rings. The van der Waals surface area contributed by atoms with Crippen molar-refractivity contribution in [2.75, 3.05) is 0 Å². The van der Waals surface area contributed by atoms with Crippen molar-refractivity contribution < 1.29 is 57.1 Å². The van der Waals surface area contributed by atoms with Crippen LogP contribution in [0.15, 0.2) is 36.4 Å². The molecule has 0 saturated carbocycles. The van der Waals surface area contributed by atoms with Crippen LogP contribution in [0.1, 0.15) is 27.8 Å². The Morgan fingerprint density at radius 3 is 1.22 bits per heavy atom. The van der Waals surface area contributed by atoms with E-state index in [0.29, 0.717) is 13.0 Å². The van der Waals surface area contributed by atoms with Gasteiger partial charge in [-0.05, 0) is 26.0 Å². The van der Waals surface area contributed by atoms with E-state index in [4.69, 9.17) is 0 Å². The van der Waals surface area contributed by atoms with E-state index in [9.17, 15) is 57.1 Å². The van der Waals surface area contributed by atoms with Gasteiger partial charge in [0.2, 0.25) is 6.71 Å². The highest BCUT2D eigenvalue weighted by Gasteiger charge is 2.41. The summed E-state index contributed by atoms with van der Waals surface area (Å²) in [4.78, 5) is 0. The lowest BCUT2D eigenvalue weighted by Gasteiger charge is -2.22. The van der Waals surface area contributed by atoms with Gasteiger partial charge < -0.3 is 0 Å². The molecule has 0 heterocycles. The SMILES string of the molecule is Cc1cc(B(c2cc(C(F)(F)F)cc(C(F)(F)F)c2)c2c(F)c(F)c(C)c(F)c2F)cc(C(F)(F)F)c1. The van der Waals surface area contributed by atoms with Gasteiger partial charge in [0, 0.05) is 11.0 Å². The minimum Gasteiger partial charge on any atom is -0.204 e. The minimum absolute atomic E-state index is 0.0179. The maximum atomic E-state index is 15.0. The van der Waals surface area contributed by atoms with Crippen LogP contribution in [-0.2, 0) is 18.5 Å². The summed E-state index contributed by atoms with van der Waals surface area (Å²) in [6, 6.07) is 1.29. The molecule has 0 atom stereocenters. The lowest BCUT2D eigenvalue weighted by atomic mass is 9.36. The monoisotopic (exact) mass is 546 g/mol. The van der Waals surface area contributed by atoms with Crippen LogP contribution in [0.25, 0.3) is 0 Å². The summed E-state index contributed by atoms with van der Waals surface area (Å²) in [5.41, 5.74) is -10.6. The molecule has 0 fully saturated rings. The van der Waals surface area contributed by atoms with Crippen LogP contribution in [0.4, 0.5) is 57.1 Å². The molecule has 0 N–H and O–H groups in total. The number of hydrogen-bond acceptors (Lipinski definition) is 0. The van der Waals surface area contributed by atoms with Crippen molar-refractivity contribution in [3.8, 4) is 0 Å². The maximum Gasteiger partial charge on any atom is 0.416 e. The van der Waals surface area contributed by atoms with Crippen molar-refractivity contribution in [3.05, 3.63) is 87.5 Å². The summed E-state index contributed by atoms with van der Waals surface area (Å²) in [5.74, 6) is -8.43. The summed E-state index contributed by atoms with van der Waals surface area (Å²) < 4.78 is 180. The Bertz CT molecular complexity index is 1290. The van der Waals surface area contributed by atoms with Gasteiger partial charge in [0.15, 0.2) is 23.3 Å². The molecular weight excluding hydrogens is 534 g/mol. The van der Waals surface area contributed by atoms with Gasteiger partial charge in [0.05, 0.1) is 16.7 Å². The number of halogens is 13. The standard InChI is InChI=1S/C23H12BF13/c1-9-3-11(21(29,30)31)6-14(4-9)24(16-19(27)17(25)10(2)18(26)20(16)28)15-7-12(22(32,33)34)5-13(8-15)23(35,36)37/h3-8H,1-2H3. The Morgan fingerprint density at radius 2 is 0.838 bits per heavy atom. The fourth-order valence-electron chi connectivity index (χ4n) is 3.83. The van der Waals surface area contributed by atoms with Crippen molar-refractivity contribution in [1.29, 1.82) is 0 Å². The van der Waals surface area contributed by atoms with E-state index in [2.05, 4.69) is 0 Å². The molecule has 37 heavy (non-hydrogen) atoms. The van der Waals surface area contributed by atoms with Crippen LogP contribution >= 0.6 is 0 Å². The summed E-state index contributed by atoms with van der Waals surface area (Å²) in [7, 11) is 0. The predicted molar refractivity (Wildman–Crippen MR) is 108 cm³/mol. The molecule has 0 aliphatic heterocycles. The van der Waals surface area contributed by atoms with Crippen LogP contribution in [0.2, 0.25) is 0 Å². The molecule has 0 saturated heterocycles. The molecule has 3 aromatic carbocycles. The molecule has 3 rings (SSSR count). The van der Waals surface area contributed by atoms with Crippen molar-refractivity contribution in [1.82, 2.24) is 0 Å². The normalized spacial score (nSPS) is 12.7. The van der Waals surface area contributed by atoms with Gasteiger partial charge in [-0.1, -0.05) is 40.8 Å². The van der Waals surface area contributed by atoms with E-state index in [1.807, 2.05) is 0 Å². The fraction of sp³-hybridized carbons (Fsp3) is 0.217. The van der Waals surface area contributed by atoms with Crippen LogP contribution in [0.5, 0.6) is 0 Å². The first-order chi connectivity index (χ1) is 16.7. The average Bonchev–Trinajstić information content (AvgIpc) is 2.76. The van der Waals surface area contributed by atoms with Crippen molar-refractivity contribution in [2.45, 2.75) is 32.4 Å². The minimum atomic E-state index is -5.44. The molecular formula is C23H12BF13. The highest BCUT2D eigenvalue weighted by Crippen LogP contribution is 2.35. The summed E-state index contributed by atoms with van der Waals surface area (Å²) in [5, 5.41) is 0. The molecule has 0 nitrogen and oxygen atoms in total. The van der Waals surface area contributed by atoms with Crippen molar-refractivity contribution >= 4 is 23.1 Å². The third-order valence-electron chi connectivity index (χ3n) is 5.51. The Morgan fingerprint density at radius 1 is 0.486 bits per heavy atom. The fourth-order valence-corrected chi connectivity index (χ4v) is 3.83. The molecule has 3 aromatic rings. The molecule has 0 aromatic heterocycles. The molecule has 0 aliphatic carbocycles. The van der Waals surface area contributed by atoms with Gasteiger partial charge in [-0.25, -0.2) is 17.6 Å². The van der Waals surface area contributed by atoms with Crippen LogP contribution < -0.4 is 16.4 Å². The average molecular weight is 546 g/mol. The first-order valence-corrected chi connectivity index (χ1v) is 10.0. The van der Waals surface area contributed by atoms with E-state index in [0.717, 1.165) is 13.0 Å². The largest absolute Gasteiger partial charge is 0.416 e. The lowest BCUT2D eigenvalue weighted by Crippen LogP contribution is -2.56. The second-order valence-corrected chi connectivity index (χ2v) is 8.20. The van der Waals surface area contributed by atoms with Crippen molar-refractivity contribution in [2.24, 2.45) is 0 Å². The maximum absolute atomic E-state index is 15.0. The number of rotatable bonds is 3. The Hall–Kier alpha value is -3.19. The van der Waals surface area contributed by atoms with E-state index < -0.39 is 87.2 Å². The summed E-state index contributed by atoms with van der Waals surface area (Å²) >= 11 is 0. The smallest absolute Gasteiger partial charge is 0.204 e. The van der Waals surface area contributed by atoms with E-state index in [-0.39, 0.29) is 29.8 Å². The second kappa shape index (κ2) is 9.28. The number of alkyl halides is 9. The van der Waals surface area contributed by atoms with Crippen LogP contribution in [0, 0.1) is 37.1 Å². The van der Waals surface area contributed by atoms with Crippen molar-refractivity contribution in [3.63, 3.8) is 0 Å². The Labute approximate surface area is 200 Å². The molecule has 0 bridgehead atoms. The molecule has 14 heteroatoms. The second-order valence-electron chi connectivity index (χ2n) is 8.20. The van der Waals surface area contributed by atoms with Crippen LogP contribution in [0.3, 0.4) is 0 Å². The number of hydrogen-bond donors (Lipinski definition) is 0. The Balaban J connectivity index is 2.54. The summed E-state index contributed by atoms with van der Waals surface area (Å²) in [6.45, 7) is -0.878. The van der Waals surface area contributed by atoms with E-state index in [1.54, 1.807) is 0 Å². The molecule has 0 spiro atoms. The first-order valence-electron chi connectivity index (χ1n) is 10.0. The van der Waals surface area contributed by atoms with Gasteiger partial charge in [-0.3, -0.25) is 0 Å². The highest BCUT2D eigenvalue weighted by molar-refractivity contribution is 6.95. The van der Waals surface area contributed by atoms with Gasteiger partial charge in [-0.15, -0.1) is 0 Å². The lowest BCUT2D eigenvalue weighted by molar-refractivity contribution is -0.143. The number of aryl methyl sites for hydroxylation is 1. The topological polar surface area (TPSA) is 0 Å². The zero-order chi connectivity index (χ0) is 28.2. The van der Waals surface area contributed by atoms with Gasteiger partial charge in [0.25, 0.3) is 0 Å². The molecule has 0 amide bonds. The molecule has 0 unspecified atom stereocenters. The highest BCUT2D eigenvalue weighted by atomic mass is 19.4. The van der Waals surface area contributed by atoms with Gasteiger partial charge in [-0.2, -0.15) is 39.5 Å². The van der Waals surface area contributed by atoms with Gasteiger partial charge in [0.1, 0.15) is 0 Å². The van der Waals surface area contributed by atoms with E-state index in [1.165, 1.54) is 0 Å². The van der Waals surface area contributed by atoms with E-state index >= 15 is 0 Å². The predicted octanol–water partition coefficient (Wildman–Crippen LogP) is 6.43. The zero-order valence-electron chi connectivity index (χ0n) is 18.5.